The van der Waals surface area contributed by atoms with Crippen LogP contribution in [0.15, 0.2) is 12.4 Å². The van der Waals surface area contributed by atoms with Gasteiger partial charge < -0.3 is 10.4 Å². The van der Waals surface area contributed by atoms with Gasteiger partial charge >= 0.3 is 5.97 Å². The van der Waals surface area contributed by atoms with Gasteiger partial charge in [-0.1, -0.05) is 20.8 Å². The standard InChI is InChI=1S/C11H15N3O3/c1-11(2,3)6-7(15)14-9-8(10(16)17)12-4-5-13-9/h4-5H,6H2,1-3H3,(H,16,17)(H,13,14,15). The van der Waals surface area contributed by atoms with E-state index in [4.69, 9.17) is 5.11 Å². The number of hydrogen-bond donors (Lipinski definition) is 2. The minimum Gasteiger partial charge on any atom is -0.476 e. The summed E-state index contributed by atoms with van der Waals surface area (Å²) in [6.07, 6.45) is 2.88. The minimum absolute atomic E-state index is 0.0192. The van der Waals surface area contributed by atoms with Gasteiger partial charge in [-0.25, -0.2) is 14.8 Å². The average Bonchev–Trinajstić information content (AvgIpc) is 2.14. The summed E-state index contributed by atoms with van der Waals surface area (Å²) in [4.78, 5) is 29.9. The predicted molar refractivity (Wildman–Crippen MR) is 61.7 cm³/mol. The number of nitrogens with zero attached hydrogens (tertiary/aromatic N) is 2. The lowest BCUT2D eigenvalue weighted by Gasteiger charge is -2.17. The molecule has 0 aliphatic heterocycles. The molecular formula is C11H15N3O3. The maximum atomic E-state index is 11.6. The zero-order valence-electron chi connectivity index (χ0n) is 10.0. The van der Waals surface area contributed by atoms with E-state index in [1.54, 1.807) is 0 Å². The Morgan fingerprint density at radius 3 is 2.41 bits per heavy atom. The van der Waals surface area contributed by atoms with Gasteiger partial charge in [0.1, 0.15) is 0 Å². The first-order valence-electron chi connectivity index (χ1n) is 5.14. The highest BCUT2D eigenvalue weighted by Gasteiger charge is 2.19. The third-order valence-corrected chi connectivity index (χ3v) is 1.85. The highest BCUT2D eigenvalue weighted by atomic mass is 16.4. The topological polar surface area (TPSA) is 92.2 Å². The number of carbonyl (C=O) groups is 2. The third kappa shape index (κ3) is 4.18. The summed E-state index contributed by atoms with van der Waals surface area (Å²) in [5, 5.41) is 11.3. The number of amides is 1. The van der Waals surface area contributed by atoms with Crippen LogP contribution in [-0.2, 0) is 4.79 Å². The van der Waals surface area contributed by atoms with Crippen LogP contribution in [0.4, 0.5) is 5.82 Å². The Bertz CT molecular complexity index is 438. The van der Waals surface area contributed by atoms with Crippen LogP contribution in [0.1, 0.15) is 37.7 Å². The van der Waals surface area contributed by atoms with E-state index < -0.39 is 5.97 Å². The molecule has 1 amide bonds. The monoisotopic (exact) mass is 237 g/mol. The molecule has 0 aliphatic carbocycles. The second-order valence-corrected chi connectivity index (χ2v) is 4.84. The Balaban J connectivity index is 2.82. The molecule has 1 rings (SSSR count). The Labute approximate surface area is 99.1 Å². The SMILES string of the molecule is CC(C)(C)CC(=O)Nc1nccnc1C(=O)O. The van der Waals surface area contributed by atoms with Crippen molar-refractivity contribution in [1.82, 2.24) is 9.97 Å². The number of carbonyl (C=O) groups excluding carboxylic acids is 1. The molecule has 0 unspecified atom stereocenters. The Morgan fingerprint density at radius 1 is 1.29 bits per heavy atom. The van der Waals surface area contributed by atoms with Crippen molar-refractivity contribution in [3.05, 3.63) is 18.1 Å². The van der Waals surface area contributed by atoms with Crippen molar-refractivity contribution in [3.8, 4) is 0 Å². The van der Waals surface area contributed by atoms with Crippen LogP contribution in [0.5, 0.6) is 0 Å². The summed E-state index contributed by atoms with van der Waals surface area (Å²) in [7, 11) is 0. The van der Waals surface area contributed by atoms with Crippen molar-refractivity contribution in [2.45, 2.75) is 27.2 Å². The number of carboxylic acid groups (broad SMARTS) is 1. The van der Waals surface area contributed by atoms with Crippen molar-refractivity contribution in [3.63, 3.8) is 0 Å². The molecule has 0 spiro atoms. The lowest BCUT2D eigenvalue weighted by atomic mass is 9.92. The summed E-state index contributed by atoms with van der Waals surface area (Å²) in [6.45, 7) is 5.75. The van der Waals surface area contributed by atoms with Gasteiger partial charge in [-0.2, -0.15) is 0 Å². The summed E-state index contributed by atoms with van der Waals surface area (Å²) in [5.74, 6) is -1.51. The molecule has 1 aromatic heterocycles. The van der Waals surface area contributed by atoms with Crippen LogP contribution in [-0.4, -0.2) is 27.0 Å². The molecule has 1 aromatic rings. The molecule has 0 atom stereocenters. The first kappa shape index (κ1) is 13.1. The molecule has 6 nitrogen and oxygen atoms in total. The molecule has 0 aromatic carbocycles. The van der Waals surface area contributed by atoms with E-state index in [1.165, 1.54) is 12.4 Å². The van der Waals surface area contributed by atoms with Gasteiger partial charge in [-0.3, -0.25) is 4.79 Å². The van der Waals surface area contributed by atoms with Gasteiger partial charge in [0.05, 0.1) is 0 Å². The smallest absolute Gasteiger partial charge is 0.358 e. The van der Waals surface area contributed by atoms with Gasteiger partial charge in [-0.15, -0.1) is 0 Å². The summed E-state index contributed by atoms with van der Waals surface area (Å²) in [5.41, 5.74) is -0.426. The molecular weight excluding hydrogens is 222 g/mol. The van der Waals surface area contributed by atoms with Crippen LogP contribution >= 0.6 is 0 Å². The number of nitrogens with one attached hydrogen (secondary N) is 1. The van der Waals surface area contributed by atoms with Crippen molar-refractivity contribution in [2.24, 2.45) is 5.41 Å². The van der Waals surface area contributed by atoms with E-state index in [-0.39, 0.29) is 29.3 Å². The predicted octanol–water partition coefficient (Wildman–Crippen LogP) is 1.55. The Morgan fingerprint density at radius 2 is 1.88 bits per heavy atom. The van der Waals surface area contributed by atoms with E-state index in [0.717, 1.165) is 0 Å². The molecule has 2 N–H and O–H groups in total. The van der Waals surface area contributed by atoms with E-state index >= 15 is 0 Å². The number of hydrogen-bond acceptors (Lipinski definition) is 4. The maximum Gasteiger partial charge on any atom is 0.358 e. The molecule has 6 heteroatoms. The summed E-state index contributed by atoms with van der Waals surface area (Å²) < 4.78 is 0. The van der Waals surface area contributed by atoms with Crippen LogP contribution in [0.25, 0.3) is 0 Å². The minimum atomic E-state index is -1.22. The third-order valence-electron chi connectivity index (χ3n) is 1.85. The van der Waals surface area contributed by atoms with Crippen molar-refractivity contribution in [2.75, 3.05) is 5.32 Å². The Kier molecular flexibility index (Phi) is 3.77. The lowest BCUT2D eigenvalue weighted by Crippen LogP contribution is -2.22. The van der Waals surface area contributed by atoms with E-state index in [2.05, 4.69) is 15.3 Å². The van der Waals surface area contributed by atoms with Crippen LogP contribution in [0.2, 0.25) is 0 Å². The zero-order chi connectivity index (χ0) is 13.1. The molecule has 0 fully saturated rings. The van der Waals surface area contributed by atoms with Crippen molar-refractivity contribution < 1.29 is 14.7 Å². The quantitative estimate of drug-likeness (QED) is 0.832. The largest absolute Gasteiger partial charge is 0.476 e. The fourth-order valence-electron chi connectivity index (χ4n) is 1.24. The molecule has 0 saturated heterocycles. The van der Waals surface area contributed by atoms with Gasteiger partial charge in [-0.05, 0) is 5.41 Å². The first-order chi connectivity index (χ1) is 7.79. The number of aromatic carboxylic acids is 1. The second-order valence-electron chi connectivity index (χ2n) is 4.84. The zero-order valence-corrected chi connectivity index (χ0v) is 10.0. The number of aromatic nitrogens is 2. The molecule has 0 saturated carbocycles. The van der Waals surface area contributed by atoms with Gasteiger partial charge in [0.15, 0.2) is 11.5 Å². The van der Waals surface area contributed by atoms with Crippen molar-refractivity contribution in [1.29, 1.82) is 0 Å². The van der Waals surface area contributed by atoms with E-state index in [1.807, 2.05) is 20.8 Å². The van der Waals surface area contributed by atoms with E-state index in [9.17, 15) is 9.59 Å². The second kappa shape index (κ2) is 4.90. The van der Waals surface area contributed by atoms with Crippen molar-refractivity contribution >= 4 is 17.7 Å². The van der Waals surface area contributed by atoms with Crippen LogP contribution in [0, 0.1) is 5.41 Å². The number of rotatable bonds is 3. The molecule has 92 valence electrons. The lowest BCUT2D eigenvalue weighted by molar-refractivity contribution is -0.117. The molecule has 17 heavy (non-hydrogen) atoms. The normalized spacial score (nSPS) is 11.0. The van der Waals surface area contributed by atoms with Gasteiger partial charge in [0.25, 0.3) is 0 Å². The van der Waals surface area contributed by atoms with Crippen LogP contribution in [0.3, 0.4) is 0 Å². The van der Waals surface area contributed by atoms with E-state index in [0.29, 0.717) is 0 Å². The molecule has 0 aliphatic rings. The maximum absolute atomic E-state index is 11.6. The van der Waals surface area contributed by atoms with Gasteiger partial charge in [0, 0.05) is 18.8 Å². The summed E-state index contributed by atoms with van der Waals surface area (Å²) in [6, 6.07) is 0. The van der Waals surface area contributed by atoms with Gasteiger partial charge in [0.2, 0.25) is 5.91 Å². The van der Waals surface area contributed by atoms with Crippen LogP contribution < -0.4 is 5.32 Å². The highest BCUT2D eigenvalue weighted by molar-refractivity contribution is 5.97. The molecule has 1 heterocycles. The fourth-order valence-corrected chi connectivity index (χ4v) is 1.24. The highest BCUT2D eigenvalue weighted by Crippen LogP contribution is 2.19. The Hall–Kier alpha value is -1.98. The molecule has 0 radical (unpaired) electrons. The summed E-state index contributed by atoms with van der Waals surface area (Å²) >= 11 is 0. The number of carboxylic acids is 1. The molecule has 0 bridgehead atoms. The fraction of sp³-hybridized carbons (Fsp3) is 0.455. The number of anilines is 1. The first-order valence-corrected chi connectivity index (χ1v) is 5.14. The average molecular weight is 237 g/mol.